The number of rotatable bonds is 6. The van der Waals surface area contributed by atoms with E-state index in [1.165, 1.54) is 13.8 Å². The van der Waals surface area contributed by atoms with Gasteiger partial charge in [-0.15, -0.1) is 10.2 Å². The van der Waals surface area contributed by atoms with Crippen molar-refractivity contribution in [2.75, 3.05) is 25.0 Å². The second-order valence-electron chi connectivity index (χ2n) is 7.17. The number of halogens is 1. The van der Waals surface area contributed by atoms with E-state index in [9.17, 15) is 22.7 Å². The van der Waals surface area contributed by atoms with Crippen molar-refractivity contribution in [2.45, 2.75) is 50.4 Å². The monoisotopic (exact) mass is 394 g/mol. The zero-order chi connectivity index (χ0) is 19.0. The molecule has 2 heterocycles. The quantitative estimate of drug-likeness (QED) is 0.741. The van der Waals surface area contributed by atoms with E-state index in [1.54, 1.807) is 13.8 Å². The number of anilines is 1. The molecule has 0 unspecified atom stereocenters. The summed E-state index contributed by atoms with van der Waals surface area (Å²) >= 11 is 1.07. The van der Waals surface area contributed by atoms with E-state index < -0.39 is 32.3 Å². The molecule has 1 aromatic rings. The highest BCUT2D eigenvalue weighted by molar-refractivity contribution is 7.91. The molecule has 0 aromatic carbocycles. The van der Waals surface area contributed by atoms with E-state index in [-0.39, 0.29) is 31.2 Å². The third kappa shape index (κ3) is 3.83. The van der Waals surface area contributed by atoms with Crippen molar-refractivity contribution in [1.29, 1.82) is 0 Å². The molecule has 25 heavy (non-hydrogen) atoms. The number of sulfonamides is 1. The molecule has 0 bridgehead atoms. The van der Waals surface area contributed by atoms with E-state index in [1.807, 2.05) is 0 Å². The average Bonchev–Trinajstić information content (AvgIpc) is 3.16. The number of alkyl halides is 1. The summed E-state index contributed by atoms with van der Waals surface area (Å²) in [5, 5.41) is 20.2. The SMILES string of the molecule is CC(C)(CO)c1nnc(NC(=O)C(C)(C)S(=O)(=O)N2CC[C@@H](F)C2)s1. The Hall–Kier alpha value is -1.17. The van der Waals surface area contributed by atoms with Gasteiger partial charge in [-0.3, -0.25) is 10.1 Å². The molecule has 1 amide bonds. The first-order valence-corrected chi connectivity index (χ1v) is 10.1. The molecule has 11 heteroatoms. The molecule has 2 N–H and O–H groups in total. The Labute approximate surface area is 150 Å². The molecule has 0 radical (unpaired) electrons. The standard InChI is InChI=1S/C14H23FN4O4S2/c1-13(2,8-20)11-17-18-12(24-11)16-10(21)14(3,4)25(22,23)19-6-5-9(15)7-19/h9,20H,5-8H2,1-4H3,(H,16,18,21)/t9-/m1/s1. The highest BCUT2D eigenvalue weighted by atomic mass is 32.2. The number of amides is 1. The normalized spacial score (nSPS) is 20.0. The number of carbonyl (C=O) groups is 1. The Morgan fingerprint density at radius 1 is 1.40 bits per heavy atom. The lowest BCUT2D eigenvalue weighted by Gasteiger charge is -2.28. The predicted octanol–water partition coefficient (Wildman–Crippen LogP) is 0.899. The minimum atomic E-state index is -4.02. The minimum absolute atomic E-state index is 0.0633. The van der Waals surface area contributed by atoms with Gasteiger partial charge in [0.05, 0.1) is 6.61 Å². The van der Waals surface area contributed by atoms with Crippen LogP contribution in [-0.2, 0) is 20.2 Å². The number of hydrogen-bond acceptors (Lipinski definition) is 7. The third-order valence-corrected chi connectivity index (χ3v) is 7.94. The maximum Gasteiger partial charge on any atom is 0.248 e. The molecular formula is C14H23FN4O4S2. The van der Waals surface area contributed by atoms with Gasteiger partial charge in [-0.1, -0.05) is 25.2 Å². The Morgan fingerprint density at radius 2 is 2.04 bits per heavy atom. The lowest BCUT2D eigenvalue weighted by Crippen LogP contribution is -2.51. The summed E-state index contributed by atoms with van der Waals surface area (Å²) in [5.41, 5.74) is -0.617. The maximum atomic E-state index is 13.3. The molecule has 0 spiro atoms. The molecule has 1 aromatic heterocycles. The van der Waals surface area contributed by atoms with Crippen LogP contribution in [0.2, 0.25) is 0 Å². The summed E-state index contributed by atoms with van der Waals surface area (Å²) in [6.07, 6.45) is -1.08. The van der Waals surface area contributed by atoms with Gasteiger partial charge >= 0.3 is 0 Å². The fourth-order valence-corrected chi connectivity index (χ4v) is 4.67. The van der Waals surface area contributed by atoms with Gasteiger partial charge < -0.3 is 5.11 Å². The number of carbonyl (C=O) groups excluding carboxylic acids is 1. The zero-order valence-corrected chi connectivity index (χ0v) is 16.2. The van der Waals surface area contributed by atoms with Crippen molar-refractivity contribution in [3.8, 4) is 0 Å². The highest BCUT2D eigenvalue weighted by Crippen LogP contribution is 2.30. The number of hydrogen-bond donors (Lipinski definition) is 2. The molecule has 1 saturated heterocycles. The number of nitrogens with one attached hydrogen (secondary N) is 1. The fourth-order valence-electron chi connectivity index (χ4n) is 2.21. The van der Waals surface area contributed by atoms with Gasteiger partial charge in [-0.05, 0) is 20.3 Å². The molecule has 1 aliphatic rings. The number of aliphatic hydroxyl groups is 1. The van der Waals surface area contributed by atoms with E-state index in [2.05, 4.69) is 15.5 Å². The first-order valence-electron chi connectivity index (χ1n) is 7.82. The van der Waals surface area contributed by atoms with Crippen LogP contribution in [0.25, 0.3) is 0 Å². The van der Waals surface area contributed by atoms with Gasteiger partial charge in [0.15, 0.2) is 4.75 Å². The number of aliphatic hydroxyl groups excluding tert-OH is 1. The Balaban J connectivity index is 2.16. The number of aromatic nitrogens is 2. The first-order chi connectivity index (χ1) is 11.4. The molecule has 2 rings (SSSR count). The molecule has 1 fully saturated rings. The van der Waals surface area contributed by atoms with Gasteiger partial charge in [0, 0.05) is 18.5 Å². The molecule has 0 aliphatic carbocycles. The molecule has 8 nitrogen and oxygen atoms in total. The van der Waals surface area contributed by atoms with Crippen molar-refractivity contribution in [1.82, 2.24) is 14.5 Å². The smallest absolute Gasteiger partial charge is 0.248 e. The van der Waals surface area contributed by atoms with Crippen LogP contribution in [0.5, 0.6) is 0 Å². The highest BCUT2D eigenvalue weighted by Gasteiger charge is 2.47. The van der Waals surface area contributed by atoms with Gasteiger partial charge in [-0.2, -0.15) is 4.31 Å². The fraction of sp³-hybridized carbons (Fsp3) is 0.786. The third-order valence-electron chi connectivity index (χ3n) is 4.24. The van der Waals surface area contributed by atoms with Crippen LogP contribution in [0.3, 0.4) is 0 Å². The second kappa shape index (κ2) is 6.86. The molecule has 0 saturated carbocycles. The molecule has 1 atom stereocenters. The van der Waals surface area contributed by atoms with Crippen LogP contribution in [0.1, 0.15) is 39.1 Å². The summed E-state index contributed by atoms with van der Waals surface area (Å²) < 4.78 is 37.9. The van der Waals surface area contributed by atoms with Crippen LogP contribution in [0.15, 0.2) is 0 Å². The van der Waals surface area contributed by atoms with Crippen LogP contribution < -0.4 is 5.32 Å². The summed E-state index contributed by atoms with van der Waals surface area (Å²) in [6.45, 7) is 5.80. The summed E-state index contributed by atoms with van der Waals surface area (Å²) in [6, 6.07) is 0. The predicted molar refractivity (Wildman–Crippen MR) is 92.7 cm³/mol. The average molecular weight is 394 g/mol. The van der Waals surface area contributed by atoms with Crippen molar-refractivity contribution in [3.63, 3.8) is 0 Å². The van der Waals surface area contributed by atoms with E-state index in [0.717, 1.165) is 15.6 Å². The van der Waals surface area contributed by atoms with E-state index >= 15 is 0 Å². The topological polar surface area (TPSA) is 112 Å². The van der Waals surface area contributed by atoms with E-state index in [4.69, 9.17) is 0 Å². The molecular weight excluding hydrogens is 371 g/mol. The van der Waals surface area contributed by atoms with Gasteiger partial charge in [0.1, 0.15) is 11.2 Å². The second-order valence-corrected chi connectivity index (χ2v) is 10.6. The maximum absolute atomic E-state index is 13.3. The van der Waals surface area contributed by atoms with Crippen LogP contribution >= 0.6 is 11.3 Å². The largest absolute Gasteiger partial charge is 0.395 e. The van der Waals surface area contributed by atoms with Gasteiger partial charge in [0.25, 0.3) is 0 Å². The van der Waals surface area contributed by atoms with Crippen molar-refractivity contribution in [2.24, 2.45) is 0 Å². The lowest BCUT2D eigenvalue weighted by atomic mass is 9.96. The Morgan fingerprint density at radius 3 is 2.56 bits per heavy atom. The van der Waals surface area contributed by atoms with Crippen LogP contribution in [-0.4, -0.2) is 64.5 Å². The summed E-state index contributed by atoms with van der Waals surface area (Å²) in [4.78, 5) is 12.5. The van der Waals surface area contributed by atoms with Crippen LogP contribution in [0, 0.1) is 0 Å². The van der Waals surface area contributed by atoms with E-state index in [0.29, 0.717) is 5.01 Å². The van der Waals surface area contributed by atoms with Gasteiger partial charge in [0.2, 0.25) is 21.1 Å². The summed E-state index contributed by atoms with van der Waals surface area (Å²) in [7, 11) is -4.02. The first kappa shape index (κ1) is 20.1. The summed E-state index contributed by atoms with van der Waals surface area (Å²) in [5.74, 6) is -0.765. The Kier molecular flexibility index (Phi) is 5.53. The Bertz CT molecular complexity index is 748. The van der Waals surface area contributed by atoms with Gasteiger partial charge in [-0.25, -0.2) is 12.8 Å². The zero-order valence-electron chi connectivity index (χ0n) is 14.6. The molecule has 142 valence electrons. The minimum Gasteiger partial charge on any atom is -0.395 e. The van der Waals surface area contributed by atoms with Crippen LogP contribution in [0.4, 0.5) is 9.52 Å². The lowest BCUT2D eigenvalue weighted by molar-refractivity contribution is -0.117. The van der Waals surface area contributed by atoms with Crippen molar-refractivity contribution < 1.29 is 22.7 Å². The van der Waals surface area contributed by atoms with Crippen molar-refractivity contribution >= 4 is 32.4 Å². The van der Waals surface area contributed by atoms with Crippen molar-refractivity contribution in [3.05, 3.63) is 5.01 Å². The molecule has 1 aliphatic heterocycles. The number of nitrogens with zero attached hydrogens (tertiary/aromatic N) is 3.